The van der Waals surface area contributed by atoms with Crippen LogP contribution in [0.15, 0.2) is 6.07 Å². The van der Waals surface area contributed by atoms with Crippen LogP contribution in [0.2, 0.25) is 0 Å². The van der Waals surface area contributed by atoms with Crippen molar-refractivity contribution in [3.8, 4) is 5.88 Å². The largest absolute Gasteiger partial charge is 0.474 e. The average molecular weight is 194 g/mol. The summed E-state index contributed by atoms with van der Waals surface area (Å²) in [6.07, 6.45) is 3.77. The van der Waals surface area contributed by atoms with Crippen molar-refractivity contribution in [2.75, 3.05) is 18.1 Å². The quantitative estimate of drug-likeness (QED) is 0.751. The summed E-state index contributed by atoms with van der Waals surface area (Å²) in [5.74, 6) is 1.49. The van der Waals surface area contributed by atoms with Gasteiger partial charge in [-0.25, -0.2) is 0 Å². The molecule has 3 N–H and O–H groups in total. The van der Waals surface area contributed by atoms with Gasteiger partial charge in [0.15, 0.2) is 0 Å². The minimum atomic E-state index is 0.242. The molecule has 1 aromatic heterocycles. The molecule has 0 amide bonds. The molecule has 0 radical (unpaired) electrons. The maximum atomic E-state index is 5.60. The molecular formula is C9H14N4O. The van der Waals surface area contributed by atoms with Crippen LogP contribution in [0.1, 0.15) is 19.3 Å². The summed E-state index contributed by atoms with van der Waals surface area (Å²) >= 11 is 0. The number of hydrogen-bond donors (Lipinski definition) is 2. The zero-order chi connectivity index (χ0) is 9.97. The van der Waals surface area contributed by atoms with Crippen LogP contribution in [0.5, 0.6) is 5.88 Å². The fraction of sp³-hybridized carbons (Fsp3) is 0.556. The first kappa shape index (κ1) is 9.05. The van der Waals surface area contributed by atoms with E-state index in [9.17, 15) is 0 Å². The van der Waals surface area contributed by atoms with Crippen molar-refractivity contribution in [1.82, 2.24) is 9.97 Å². The molecule has 0 bridgehead atoms. The smallest absolute Gasteiger partial charge is 0.225 e. The molecule has 1 aromatic rings. The van der Waals surface area contributed by atoms with Gasteiger partial charge >= 0.3 is 0 Å². The first-order valence-electron chi connectivity index (χ1n) is 4.77. The molecule has 0 aromatic carbocycles. The standard InChI is InChI=1S/C9H14N4O/c1-11-7-5-8(13-9(10)12-7)14-6-3-2-4-6/h5-6H,2-4H2,1H3,(H3,10,11,12,13). The molecule has 0 unspecified atom stereocenters. The van der Waals surface area contributed by atoms with E-state index >= 15 is 0 Å². The third-order valence-corrected chi connectivity index (χ3v) is 2.32. The van der Waals surface area contributed by atoms with E-state index in [0.29, 0.717) is 17.8 Å². The van der Waals surface area contributed by atoms with Crippen LogP contribution in [0.4, 0.5) is 11.8 Å². The third-order valence-electron chi connectivity index (χ3n) is 2.32. The highest BCUT2D eigenvalue weighted by molar-refractivity contribution is 5.42. The van der Waals surface area contributed by atoms with Gasteiger partial charge in [-0.1, -0.05) is 0 Å². The fourth-order valence-corrected chi connectivity index (χ4v) is 1.29. The highest BCUT2D eigenvalue weighted by Gasteiger charge is 2.19. The van der Waals surface area contributed by atoms with E-state index in [1.165, 1.54) is 6.42 Å². The van der Waals surface area contributed by atoms with Gasteiger partial charge in [-0.3, -0.25) is 0 Å². The Balaban J connectivity index is 2.11. The molecule has 76 valence electrons. The maximum absolute atomic E-state index is 5.60. The van der Waals surface area contributed by atoms with Crippen LogP contribution in [-0.2, 0) is 0 Å². The number of nitrogen functional groups attached to an aromatic ring is 1. The molecule has 1 saturated carbocycles. The summed E-state index contributed by atoms with van der Waals surface area (Å²) in [7, 11) is 1.79. The monoisotopic (exact) mass is 194 g/mol. The molecule has 0 spiro atoms. The van der Waals surface area contributed by atoms with Crippen LogP contribution >= 0.6 is 0 Å². The van der Waals surface area contributed by atoms with E-state index in [1.807, 2.05) is 0 Å². The predicted octanol–water partition coefficient (Wildman–Crippen LogP) is 1.03. The lowest BCUT2D eigenvalue weighted by Gasteiger charge is -2.25. The van der Waals surface area contributed by atoms with E-state index < -0.39 is 0 Å². The van der Waals surface area contributed by atoms with Crippen LogP contribution in [0.25, 0.3) is 0 Å². The zero-order valence-corrected chi connectivity index (χ0v) is 8.16. The Labute approximate surface area is 82.7 Å². The van der Waals surface area contributed by atoms with Crippen LogP contribution in [0.3, 0.4) is 0 Å². The number of ether oxygens (including phenoxy) is 1. The Bertz CT molecular complexity index is 325. The molecule has 5 nitrogen and oxygen atoms in total. The Morgan fingerprint density at radius 1 is 1.50 bits per heavy atom. The molecule has 5 heteroatoms. The van der Waals surface area contributed by atoms with Gasteiger partial charge in [0.2, 0.25) is 11.8 Å². The summed E-state index contributed by atoms with van der Waals surface area (Å²) in [6, 6.07) is 1.76. The second-order valence-corrected chi connectivity index (χ2v) is 3.37. The molecule has 0 aliphatic heterocycles. The SMILES string of the molecule is CNc1cc(OC2CCC2)nc(N)n1. The molecule has 2 rings (SSSR count). The van der Waals surface area contributed by atoms with Gasteiger partial charge in [0, 0.05) is 13.1 Å². The summed E-state index contributed by atoms with van der Waals surface area (Å²) in [5.41, 5.74) is 5.53. The maximum Gasteiger partial charge on any atom is 0.225 e. The number of hydrogen-bond acceptors (Lipinski definition) is 5. The Morgan fingerprint density at radius 3 is 2.86 bits per heavy atom. The lowest BCUT2D eigenvalue weighted by molar-refractivity contribution is 0.115. The van der Waals surface area contributed by atoms with E-state index in [2.05, 4.69) is 15.3 Å². The van der Waals surface area contributed by atoms with Crippen molar-refractivity contribution in [3.05, 3.63) is 6.07 Å². The first-order chi connectivity index (χ1) is 6.78. The Hall–Kier alpha value is -1.52. The van der Waals surface area contributed by atoms with Crippen LogP contribution in [0, 0.1) is 0 Å². The van der Waals surface area contributed by atoms with E-state index in [4.69, 9.17) is 10.5 Å². The van der Waals surface area contributed by atoms with Crippen molar-refractivity contribution >= 4 is 11.8 Å². The summed E-state index contributed by atoms with van der Waals surface area (Å²) in [6.45, 7) is 0. The number of aromatic nitrogens is 2. The highest BCUT2D eigenvalue weighted by Crippen LogP contribution is 2.25. The second kappa shape index (κ2) is 3.69. The molecule has 1 aliphatic rings. The van der Waals surface area contributed by atoms with Gasteiger partial charge in [0.1, 0.15) is 11.9 Å². The summed E-state index contributed by atoms with van der Waals surface area (Å²) < 4.78 is 5.60. The highest BCUT2D eigenvalue weighted by atomic mass is 16.5. The van der Waals surface area contributed by atoms with Gasteiger partial charge in [-0.2, -0.15) is 9.97 Å². The van der Waals surface area contributed by atoms with E-state index in [-0.39, 0.29) is 5.95 Å². The summed E-state index contributed by atoms with van der Waals surface area (Å²) in [4.78, 5) is 7.99. The van der Waals surface area contributed by atoms with Gasteiger partial charge < -0.3 is 15.8 Å². The molecule has 1 fully saturated rings. The van der Waals surface area contributed by atoms with Gasteiger partial charge in [-0.05, 0) is 19.3 Å². The number of nitrogens with zero attached hydrogens (tertiary/aromatic N) is 2. The van der Waals surface area contributed by atoms with E-state index in [0.717, 1.165) is 12.8 Å². The second-order valence-electron chi connectivity index (χ2n) is 3.37. The minimum absolute atomic E-state index is 0.242. The van der Waals surface area contributed by atoms with Crippen LogP contribution < -0.4 is 15.8 Å². The molecule has 0 saturated heterocycles. The molecule has 1 aliphatic carbocycles. The fourth-order valence-electron chi connectivity index (χ4n) is 1.29. The van der Waals surface area contributed by atoms with Crippen LogP contribution in [-0.4, -0.2) is 23.1 Å². The number of nitrogens with two attached hydrogens (primary N) is 1. The number of rotatable bonds is 3. The van der Waals surface area contributed by atoms with E-state index in [1.54, 1.807) is 13.1 Å². The predicted molar refractivity (Wildman–Crippen MR) is 54.3 cm³/mol. The lowest BCUT2D eigenvalue weighted by atomic mass is 9.96. The van der Waals surface area contributed by atoms with Crippen molar-refractivity contribution in [3.63, 3.8) is 0 Å². The normalized spacial score (nSPS) is 16.1. The average Bonchev–Trinajstić information content (AvgIpc) is 2.10. The zero-order valence-electron chi connectivity index (χ0n) is 8.16. The van der Waals surface area contributed by atoms with Gasteiger partial charge in [0.25, 0.3) is 0 Å². The van der Waals surface area contributed by atoms with Crippen molar-refractivity contribution in [2.24, 2.45) is 0 Å². The molecule has 0 atom stereocenters. The first-order valence-corrected chi connectivity index (χ1v) is 4.77. The number of anilines is 2. The summed E-state index contributed by atoms with van der Waals surface area (Å²) in [5, 5.41) is 2.91. The van der Waals surface area contributed by atoms with Crippen molar-refractivity contribution in [1.29, 1.82) is 0 Å². The third kappa shape index (κ3) is 1.86. The topological polar surface area (TPSA) is 73.1 Å². The molecule has 1 heterocycles. The molecule has 14 heavy (non-hydrogen) atoms. The Kier molecular flexibility index (Phi) is 2.39. The minimum Gasteiger partial charge on any atom is -0.474 e. The van der Waals surface area contributed by atoms with Gasteiger partial charge in [-0.15, -0.1) is 0 Å². The molecular weight excluding hydrogens is 180 g/mol. The van der Waals surface area contributed by atoms with Gasteiger partial charge in [0.05, 0.1) is 0 Å². The number of nitrogens with one attached hydrogen (secondary N) is 1. The van der Waals surface area contributed by atoms with Crippen molar-refractivity contribution in [2.45, 2.75) is 25.4 Å². The van der Waals surface area contributed by atoms with Crippen molar-refractivity contribution < 1.29 is 4.74 Å². The Morgan fingerprint density at radius 2 is 2.29 bits per heavy atom. The lowest BCUT2D eigenvalue weighted by Crippen LogP contribution is -2.25.